The van der Waals surface area contributed by atoms with E-state index in [1.54, 1.807) is 27.8 Å². The van der Waals surface area contributed by atoms with Gasteiger partial charge < -0.3 is 15.8 Å². The first-order chi connectivity index (χ1) is 9.71. The van der Waals surface area contributed by atoms with Crippen molar-refractivity contribution >= 4 is 11.6 Å². The smallest absolute Gasteiger partial charge is 0.311 e. The van der Waals surface area contributed by atoms with E-state index >= 15 is 0 Å². The van der Waals surface area contributed by atoms with Gasteiger partial charge in [0, 0.05) is 12.5 Å². The number of nitro benzene ring substituents is 1. The van der Waals surface area contributed by atoms with Gasteiger partial charge in [-0.05, 0) is 38.9 Å². The maximum absolute atomic E-state index is 11.4. The molecule has 0 radical (unpaired) electrons. The molecule has 116 valence electrons. The minimum atomic E-state index is -0.909. The predicted molar refractivity (Wildman–Crippen MR) is 79.3 cm³/mol. The topological polar surface area (TPSA) is 107 Å². The molecular weight excluding hydrogens is 274 g/mol. The van der Waals surface area contributed by atoms with Crippen LogP contribution in [0, 0.1) is 24.0 Å². The molecule has 1 atom stereocenters. The van der Waals surface area contributed by atoms with Crippen LogP contribution < -0.4 is 15.8 Å². The normalized spacial score (nSPS) is 13.5. The fourth-order valence-corrected chi connectivity index (χ4v) is 1.98. The Balaban J connectivity index is 2.90. The Bertz CT molecular complexity index is 559. The number of nitro groups is 1. The van der Waals surface area contributed by atoms with Crippen LogP contribution >= 0.6 is 0 Å². The number of ether oxygens (including phenoxy) is 1. The van der Waals surface area contributed by atoms with Crippen LogP contribution in [0.1, 0.15) is 24.5 Å². The lowest BCUT2D eigenvalue weighted by Gasteiger charge is -2.25. The lowest BCUT2D eigenvalue weighted by atomic mass is 9.98. The molecule has 0 aliphatic rings. The molecule has 0 saturated carbocycles. The molecule has 1 aromatic carbocycles. The van der Waals surface area contributed by atoms with Crippen LogP contribution in [-0.4, -0.2) is 30.0 Å². The number of hydrogen-bond donors (Lipinski definition) is 2. The Morgan fingerprint density at radius 2 is 2.10 bits per heavy atom. The van der Waals surface area contributed by atoms with Crippen molar-refractivity contribution in [3.63, 3.8) is 0 Å². The number of likely N-dealkylation sites (N-methyl/N-ethyl adjacent to an activating group) is 1. The number of nitrogens with one attached hydrogen (secondary N) is 1. The fourth-order valence-electron chi connectivity index (χ4n) is 1.98. The highest BCUT2D eigenvalue weighted by Gasteiger charge is 2.29. The lowest BCUT2D eigenvalue weighted by Crippen LogP contribution is -2.52. The zero-order valence-electron chi connectivity index (χ0n) is 12.7. The van der Waals surface area contributed by atoms with Gasteiger partial charge in [-0.1, -0.05) is 6.07 Å². The van der Waals surface area contributed by atoms with Gasteiger partial charge in [0.1, 0.15) is 0 Å². The van der Waals surface area contributed by atoms with Crippen molar-refractivity contribution in [2.45, 2.75) is 32.7 Å². The zero-order valence-corrected chi connectivity index (χ0v) is 12.7. The largest absolute Gasteiger partial charge is 0.487 e. The number of carbonyl (C=O) groups excluding carboxylic acids is 1. The summed E-state index contributed by atoms with van der Waals surface area (Å²) in [4.78, 5) is 22.0. The number of hydrogen-bond acceptors (Lipinski definition) is 5. The van der Waals surface area contributed by atoms with Gasteiger partial charge in [-0.15, -0.1) is 0 Å². The van der Waals surface area contributed by atoms with Crippen molar-refractivity contribution in [3.8, 4) is 5.75 Å². The standard InChI is InChI=1S/C14H21N3O4/c1-9-7-10(2)12(11(8-9)17(19)20)21-6-5-14(3,16-4)13(15)18/h7-8,16H,5-6H2,1-4H3,(H2,15,18). The number of carbonyl (C=O) groups is 1. The number of nitrogens with two attached hydrogens (primary N) is 1. The van der Waals surface area contributed by atoms with E-state index in [0.717, 1.165) is 5.56 Å². The SMILES string of the molecule is CNC(C)(CCOc1c(C)cc(C)cc1[N+](=O)[O-])C(N)=O. The summed E-state index contributed by atoms with van der Waals surface area (Å²) in [6, 6.07) is 3.28. The van der Waals surface area contributed by atoms with Crippen LogP contribution in [0.2, 0.25) is 0 Å². The van der Waals surface area contributed by atoms with E-state index in [0.29, 0.717) is 12.0 Å². The highest BCUT2D eigenvalue weighted by atomic mass is 16.6. The van der Waals surface area contributed by atoms with Gasteiger partial charge in [0.05, 0.1) is 17.1 Å². The molecule has 7 heteroatoms. The number of benzene rings is 1. The Hall–Kier alpha value is -2.15. The Morgan fingerprint density at radius 3 is 2.57 bits per heavy atom. The maximum Gasteiger partial charge on any atom is 0.311 e. The Morgan fingerprint density at radius 1 is 1.48 bits per heavy atom. The van der Waals surface area contributed by atoms with Crippen LogP contribution in [-0.2, 0) is 4.79 Å². The molecule has 0 aromatic heterocycles. The number of primary amides is 1. The Kier molecular flexibility index (Phi) is 5.26. The molecule has 7 nitrogen and oxygen atoms in total. The van der Waals surface area contributed by atoms with Crippen molar-refractivity contribution in [2.24, 2.45) is 5.73 Å². The van der Waals surface area contributed by atoms with Crippen molar-refractivity contribution in [1.82, 2.24) is 5.32 Å². The molecule has 0 aliphatic heterocycles. The zero-order chi connectivity index (χ0) is 16.2. The van der Waals surface area contributed by atoms with Gasteiger partial charge in [0.2, 0.25) is 5.91 Å². The maximum atomic E-state index is 11.4. The summed E-state index contributed by atoms with van der Waals surface area (Å²) in [6.45, 7) is 5.34. The molecule has 1 rings (SSSR count). The van der Waals surface area contributed by atoms with Gasteiger partial charge in [0.25, 0.3) is 0 Å². The average Bonchev–Trinajstić information content (AvgIpc) is 2.39. The second kappa shape index (κ2) is 6.53. The molecule has 0 aliphatic carbocycles. The van der Waals surface area contributed by atoms with Crippen LogP contribution in [0.3, 0.4) is 0 Å². The molecule has 0 fully saturated rings. The van der Waals surface area contributed by atoms with E-state index in [-0.39, 0.29) is 18.0 Å². The second-order valence-corrected chi connectivity index (χ2v) is 5.23. The van der Waals surface area contributed by atoms with Gasteiger partial charge in [-0.3, -0.25) is 14.9 Å². The fraction of sp³-hybridized carbons (Fsp3) is 0.500. The second-order valence-electron chi connectivity index (χ2n) is 5.23. The first-order valence-corrected chi connectivity index (χ1v) is 6.58. The molecule has 0 spiro atoms. The highest BCUT2D eigenvalue weighted by molar-refractivity contribution is 5.84. The summed E-state index contributed by atoms with van der Waals surface area (Å²) >= 11 is 0. The van der Waals surface area contributed by atoms with E-state index in [9.17, 15) is 14.9 Å². The molecule has 0 heterocycles. The molecule has 1 aromatic rings. The minimum Gasteiger partial charge on any atom is -0.487 e. The van der Waals surface area contributed by atoms with Gasteiger partial charge in [-0.25, -0.2) is 0 Å². The molecular formula is C14H21N3O4. The third-order valence-corrected chi connectivity index (χ3v) is 3.54. The third kappa shape index (κ3) is 3.91. The molecule has 21 heavy (non-hydrogen) atoms. The van der Waals surface area contributed by atoms with Crippen molar-refractivity contribution < 1.29 is 14.5 Å². The summed E-state index contributed by atoms with van der Waals surface area (Å²) in [6.07, 6.45) is 0.309. The van der Waals surface area contributed by atoms with E-state index in [1.165, 1.54) is 6.07 Å². The third-order valence-electron chi connectivity index (χ3n) is 3.54. The highest BCUT2D eigenvalue weighted by Crippen LogP contribution is 2.32. The van der Waals surface area contributed by atoms with Crippen LogP contribution in [0.4, 0.5) is 5.69 Å². The van der Waals surface area contributed by atoms with Gasteiger partial charge >= 0.3 is 5.69 Å². The summed E-state index contributed by atoms with van der Waals surface area (Å²) in [7, 11) is 1.63. The summed E-state index contributed by atoms with van der Waals surface area (Å²) in [5.74, 6) is -0.266. The quantitative estimate of drug-likeness (QED) is 0.584. The van der Waals surface area contributed by atoms with E-state index < -0.39 is 16.4 Å². The van der Waals surface area contributed by atoms with Crippen molar-refractivity contribution in [1.29, 1.82) is 0 Å². The molecule has 0 saturated heterocycles. The molecule has 1 amide bonds. The molecule has 3 N–H and O–H groups in total. The van der Waals surface area contributed by atoms with E-state index in [4.69, 9.17) is 10.5 Å². The van der Waals surface area contributed by atoms with Crippen LogP contribution in [0.15, 0.2) is 12.1 Å². The monoisotopic (exact) mass is 295 g/mol. The average molecular weight is 295 g/mol. The summed E-state index contributed by atoms with van der Waals surface area (Å²) in [5.41, 5.74) is 5.82. The molecule has 0 bridgehead atoms. The van der Waals surface area contributed by atoms with Gasteiger partial charge in [-0.2, -0.15) is 0 Å². The minimum absolute atomic E-state index is 0.0715. The Labute approximate surface area is 123 Å². The summed E-state index contributed by atoms with van der Waals surface area (Å²) in [5, 5.41) is 13.9. The first-order valence-electron chi connectivity index (χ1n) is 6.58. The lowest BCUT2D eigenvalue weighted by molar-refractivity contribution is -0.386. The molecule has 1 unspecified atom stereocenters. The summed E-state index contributed by atoms with van der Waals surface area (Å²) < 4.78 is 5.54. The van der Waals surface area contributed by atoms with Gasteiger partial charge in [0.15, 0.2) is 5.75 Å². The first kappa shape index (κ1) is 16.9. The number of aryl methyl sites for hydroxylation is 2. The number of rotatable bonds is 7. The van der Waals surface area contributed by atoms with Crippen molar-refractivity contribution in [2.75, 3.05) is 13.7 Å². The number of nitrogens with zero attached hydrogens (tertiary/aromatic N) is 1. The van der Waals surface area contributed by atoms with Crippen LogP contribution in [0.25, 0.3) is 0 Å². The van der Waals surface area contributed by atoms with Crippen LogP contribution in [0.5, 0.6) is 5.75 Å². The number of amides is 1. The predicted octanol–water partition coefficient (Wildman–Crippen LogP) is 1.44. The van der Waals surface area contributed by atoms with E-state index in [2.05, 4.69) is 5.32 Å². The van der Waals surface area contributed by atoms with E-state index in [1.807, 2.05) is 6.07 Å². The van der Waals surface area contributed by atoms with Crippen molar-refractivity contribution in [3.05, 3.63) is 33.4 Å².